The van der Waals surface area contributed by atoms with Crippen molar-refractivity contribution >= 4 is 35.1 Å². The molecule has 0 heterocycles. The van der Waals surface area contributed by atoms with Gasteiger partial charge in [-0.05, 0) is 37.0 Å². The van der Waals surface area contributed by atoms with Crippen molar-refractivity contribution in [3.63, 3.8) is 0 Å². The average molecular weight is 332 g/mol. The summed E-state index contributed by atoms with van der Waals surface area (Å²) in [5.74, 6) is -3.45. The maximum absolute atomic E-state index is 11.5. The fourth-order valence-corrected chi connectivity index (χ4v) is 3.18. The first-order chi connectivity index (χ1) is 9.77. The number of rotatable bonds is 6. The number of hydrogen-bond donors (Lipinski definition) is 3. The van der Waals surface area contributed by atoms with Crippen LogP contribution in [0.5, 0.6) is 0 Å². The molecule has 0 spiro atoms. The first-order valence-corrected chi connectivity index (χ1v) is 7.21. The van der Waals surface area contributed by atoms with Gasteiger partial charge in [-0.15, -0.1) is 0 Å². The average Bonchev–Trinajstić information content (AvgIpc) is 3.18. The molecule has 1 aromatic carbocycles. The van der Waals surface area contributed by atoms with Gasteiger partial charge in [-0.1, -0.05) is 29.3 Å². The third kappa shape index (κ3) is 3.15. The van der Waals surface area contributed by atoms with Gasteiger partial charge < -0.3 is 15.9 Å². The van der Waals surface area contributed by atoms with E-state index in [-0.39, 0.29) is 19.3 Å². The van der Waals surface area contributed by atoms with E-state index in [1.165, 1.54) is 0 Å². The second-order valence-electron chi connectivity index (χ2n) is 5.33. The molecule has 0 radical (unpaired) electrons. The van der Waals surface area contributed by atoms with Crippen molar-refractivity contribution in [1.29, 1.82) is 0 Å². The highest BCUT2D eigenvalue weighted by Gasteiger charge is 2.58. The summed E-state index contributed by atoms with van der Waals surface area (Å²) in [6, 6.07) is 5.03. The Bertz CT molecular complexity index is 572. The Morgan fingerprint density at radius 2 is 1.86 bits per heavy atom. The number of aliphatic carboxylic acids is 2. The molecule has 1 fully saturated rings. The summed E-state index contributed by atoms with van der Waals surface area (Å²) < 4.78 is 0. The molecule has 5 nitrogen and oxygen atoms in total. The van der Waals surface area contributed by atoms with Gasteiger partial charge in [0.25, 0.3) is 0 Å². The lowest BCUT2D eigenvalue weighted by Crippen LogP contribution is -2.51. The highest BCUT2D eigenvalue weighted by Crippen LogP contribution is 2.47. The van der Waals surface area contributed by atoms with E-state index in [1.807, 2.05) is 0 Å². The first kappa shape index (κ1) is 16.1. The minimum Gasteiger partial charge on any atom is -0.481 e. The molecule has 7 heteroatoms. The maximum atomic E-state index is 11.5. The number of halogens is 2. The fourth-order valence-electron chi connectivity index (χ4n) is 2.59. The topological polar surface area (TPSA) is 101 Å². The lowest BCUT2D eigenvalue weighted by Gasteiger charge is -2.25. The van der Waals surface area contributed by atoms with Crippen LogP contribution in [-0.2, 0) is 16.0 Å². The van der Waals surface area contributed by atoms with Crippen LogP contribution in [0.2, 0.25) is 10.0 Å². The Kier molecular flexibility index (Phi) is 4.46. The number of carboxylic acids is 2. The van der Waals surface area contributed by atoms with E-state index >= 15 is 0 Å². The van der Waals surface area contributed by atoms with Gasteiger partial charge in [0.15, 0.2) is 0 Å². The monoisotopic (exact) mass is 331 g/mol. The van der Waals surface area contributed by atoms with Crippen LogP contribution in [0.4, 0.5) is 0 Å². The summed E-state index contributed by atoms with van der Waals surface area (Å²) in [6.07, 6.45) is 0.652. The highest BCUT2D eigenvalue weighted by atomic mass is 35.5. The molecule has 21 heavy (non-hydrogen) atoms. The van der Waals surface area contributed by atoms with Crippen LogP contribution in [0.1, 0.15) is 18.4 Å². The van der Waals surface area contributed by atoms with Crippen LogP contribution < -0.4 is 5.73 Å². The van der Waals surface area contributed by atoms with Crippen molar-refractivity contribution in [3.8, 4) is 0 Å². The number of carbonyl (C=O) groups is 2. The standard InChI is InChI=1S/C14H15Cl2NO4/c15-10-2-1-3-11(16)7(10)4-5-14(17,13(20)21)9-6-8(9)12(18)19/h1-3,8-9H,4-6,17H2,(H,18,19)(H,20,21)/t8-,9-,14?/m0/s1. The summed E-state index contributed by atoms with van der Waals surface area (Å²) in [5, 5.41) is 19.2. The molecule has 4 N–H and O–H groups in total. The van der Waals surface area contributed by atoms with Crippen molar-refractivity contribution in [1.82, 2.24) is 0 Å². The van der Waals surface area contributed by atoms with Gasteiger partial charge in [0, 0.05) is 16.0 Å². The van der Waals surface area contributed by atoms with Crippen molar-refractivity contribution < 1.29 is 19.8 Å². The first-order valence-electron chi connectivity index (χ1n) is 6.45. The molecule has 0 amide bonds. The minimum absolute atomic E-state index is 0.0836. The predicted octanol–water partition coefficient (Wildman–Crippen LogP) is 2.43. The SMILES string of the molecule is NC(CCc1c(Cl)cccc1Cl)(C(=O)O)[C@H]1C[C@@H]1C(=O)O. The molecule has 2 rings (SSSR count). The summed E-state index contributed by atoms with van der Waals surface area (Å²) >= 11 is 12.1. The Balaban J connectivity index is 2.15. The zero-order chi connectivity index (χ0) is 15.8. The van der Waals surface area contributed by atoms with Gasteiger partial charge in [-0.2, -0.15) is 0 Å². The number of nitrogens with two attached hydrogens (primary N) is 1. The third-order valence-corrected chi connectivity index (χ3v) is 4.73. The van der Waals surface area contributed by atoms with E-state index in [0.717, 1.165) is 0 Å². The molecule has 1 unspecified atom stereocenters. The van der Waals surface area contributed by atoms with E-state index in [1.54, 1.807) is 18.2 Å². The highest BCUT2D eigenvalue weighted by molar-refractivity contribution is 6.36. The smallest absolute Gasteiger partial charge is 0.324 e. The van der Waals surface area contributed by atoms with Crippen LogP contribution in [0, 0.1) is 11.8 Å². The van der Waals surface area contributed by atoms with Gasteiger partial charge in [0.2, 0.25) is 0 Å². The minimum atomic E-state index is -1.58. The normalized spacial score (nSPS) is 23.4. The molecule has 1 aromatic rings. The molecular formula is C14H15Cl2NO4. The van der Waals surface area contributed by atoms with Crippen molar-refractivity contribution in [2.24, 2.45) is 17.6 Å². The Morgan fingerprint density at radius 1 is 1.29 bits per heavy atom. The zero-order valence-corrected chi connectivity index (χ0v) is 12.6. The molecule has 0 aliphatic heterocycles. The lowest BCUT2D eigenvalue weighted by molar-refractivity contribution is -0.145. The quantitative estimate of drug-likeness (QED) is 0.743. The molecule has 114 valence electrons. The van der Waals surface area contributed by atoms with E-state index in [0.29, 0.717) is 15.6 Å². The van der Waals surface area contributed by atoms with E-state index < -0.39 is 29.3 Å². The molecule has 3 atom stereocenters. The second kappa shape index (κ2) is 5.83. The largest absolute Gasteiger partial charge is 0.481 e. The number of benzene rings is 1. The summed E-state index contributed by atoms with van der Waals surface area (Å²) in [4.78, 5) is 22.4. The van der Waals surface area contributed by atoms with Gasteiger partial charge in [-0.3, -0.25) is 9.59 Å². The Hall–Kier alpha value is -1.30. The van der Waals surface area contributed by atoms with E-state index in [9.17, 15) is 14.7 Å². The third-order valence-electron chi connectivity index (χ3n) is 4.02. The zero-order valence-electron chi connectivity index (χ0n) is 11.1. The number of carboxylic acid groups (broad SMARTS) is 2. The van der Waals surface area contributed by atoms with Gasteiger partial charge in [0.1, 0.15) is 5.54 Å². The molecule has 0 bridgehead atoms. The molecule has 1 aliphatic rings. The van der Waals surface area contributed by atoms with E-state index in [4.69, 9.17) is 34.0 Å². The van der Waals surface area contributed by atoms with Crippen LogP contribution >= 0.6 is 23.2 Å². The van der Waals surface area contributed by atoms with Crippen LogP contribution in [0.3, 0.4) is 0 Å². The fraction of sp³-hybridized carbons (Fsp3) is 0.429. The van der Waals surface area contributed by atoms with Crippen molar-refractivity contribution in [3.05, 3.63) is 33.8 Å². The lowest BCUT2D eigenvalue weighted by atomic mass is 9.86. The van der Waals surface area contributed by atoms with Gasteiger partial charge >= 0.3 is 11.9 Å². The summed E-state index contributed by atoms with van der Waals surface area (Å²) in [7, 11) is 0. The van der Waals surface area contributed by atoms with Gasteiger partial charge in [-0.25, -0.2) is 0 Å². The maximum Gasteiger partial charge on any atom is 0.324 e. The molecular weight excluding hydrogens is 317 g/mol. The Morgan fingerprint density at radius 3 is 2.29 bits per heavy atom. The van der Waals surface area contributed by atoms with Crippen LogP contribution in [0.25, 0.3) is 0 Å². The number of hydrogen-bond acceptors (Lipinski definition) is 3. The van der Waals surface area contributed by atoms with Gasteiger partial charge in [0.05, 0.1) is 5.92 Å². The van der Waals surface area contributed by atoms with Crippen LogP contribution in [0.15, 0.2) is 18.2 Å². The Labute approximate surface area is 131 Å². The van der Waals surface area contributed by atoms with E-state index in [2.05, 4.69) is 0 Å². The summed E-state index contributed by atoms with van der Waals surface area (Å²) in [6.45, 7) is 0. The second-order valence-corrected chi connectivity index (χ2v) is 6.15. The molecule has 0 saturated heterocycles. The summed E-state index contributed by atoms with van der Waals surface area (Å²) in [5.41, 5.74) is 5.02. The molecule has 1 saturated carbocycles. The van der Waals surface area contributed by atoms with Crippen molar-refractivity contribution in [2.75, 3.05) is 0 Å². The molecule has 0 aromatic heterocycles. The van der Waals surface area contributed by atoms with Crippen molar-refractivity contribution in [2.45, 2.75) is 24.8 Å². The predicted molar refractivity (Wildman–Crippen MR) is 78.6 cm³/mol. The van der Waals surface area contributed by atoms with Crippen LogP contribution in [-0.4, -0.2) is 27.7 Å². The molecule has 1 aliphatic carbocycles.